The standard InChI is InChI=1S/C23H29N5/c1-26(2)20-12-10-19(11-13-20)18-24-23-25-21-8-4-5-9-22(21)28(23)17-16-27-14-6-3-7-15-27/h4-5,8-13,18H,3,6-7,14-17H2,1-2H3/b24-18-. The van der Waals surface area contributed by atoms with Gasteiger partial charge in [-0.25, -0.2) is 9.98 Å². The monoisotopic (exact) mass is 375 g/mol. The van der Waals surface area contributed by atoms with E-state index in [1.165, 1.54) is 38.0 Å². The van der Waals surface area contributed by atoms with Gasteiger partial charge in [0.1, 0.15) is 0 Å². The molecule has 0 aliphatic carbocycles. The summed E-state index contributed by atoms with van der Waals surface area (Å²) in [5.41, 5.74) is 4.44. The number of benzene rings is 2. The number of para-hydroxylation sites is 2. The SMILES string of the molecule is CN(C)c1ccc(/C=N\c2nc3ccccc3n2CCN2CCCCC2)cc1. The van der Waals surface area contributed by atoms with E-state index in [9.17, 15) is 0 Å². The lowest BCUT2D eigenvalue weighted by molar-refractivity contribution is 0.222. The van der Waals surface area contributed by atoms with E-state index in [0.717, 1.165) is 35.6 Å². The molecule has 146 valence electrons. The second-order valence-electron chi connectivity index (χ2n) is 7.70. The number of hydrogen-bond acceptors (Lipinski definition) is 4. The fourth-order valence-electron chi connectivity index (χ4n) is 3.80. The Morgan fingerprint density at radius 3 is 2.46 bits per heavy atom. The minimum atomic E-state index is 0.787. The van der Waals surface area contributed by atoms with E-state index in [2.05, 4.69) is 56.8 Å². The van der Waals surface area contributed by atoms with Crippen LogP contribution in [-0.4, -0.2) is 54.4 Å². The molecule has 2 heterocycles. The van der Waals surface area contributed by atoms with E-state index in [1.807, 2.05) is 26.4 Å². The van der Waals surface area contributed by atoms with Crippen LogP contribution in [0.1, 0.15) is 24.8 Å². The van der Waals surface area contributed by atoms with Crippen LogP contribution in [0.15, 0.2) is 53.5 Å². The quantitative estimate of drug-likeness (QED) is 0.602. The van der Waals surface area contributed by atoms with Crippen LogP contribution in [0.5, 0.6) is 0 Å². The van der Waals surface area contributed by atoms with Gasteiger partial charge in [-0.3, -0.25) is 0 Å². The number of anilines is 1. The van der Waals surface area contributed by atoms with Crippen LogP contribution in [0.25, 0.3) is 11.0 Å². The molecule has 0 saturated carbocycles. The summed E-state index contributed by atoms with van der Waals surface area (Å²) in [7, 11) is 4.10. The predicted octanol–water partition coefficient (Wildman–Crippen LogP) is 4.34. The fraction of sp³-hybridized carbons (Fsp3) is 0.391. The largest absolute Gasteiger partial charge is 0.378 e. The Morgan fingerprint density at radius 2 is 1.71 bits per heavy atom. The predicted molar refractivity (Wildman–Crippen MR) is 118 cm³/mol. The third-order valence-corrected chi connectivity index (χ3v) is 5.46. The number of piperidine rings is 1. The molecule has 1 saturated heterocycles. The summed E-state index contributed by atoms with van der Waals surface area (Å²) in [6.45, 7) is 4.40. The molecule has 1 aliphatic rings. The third-order valence-electron chi connectivity index (χ3n) is 5.46. The summed E-state index contributed by atoms with van der Waals surface area (Å²) in [5, 5.41) is 0. The lowest BCUT2D eigenvalue weighted by Gasteiger charge is -2.26. The van der Waals surface area contributed by atoms with Gasteiger partial charge in [-0.05, 0) is 55.8 Å². The lowest BCUT2D eigenvalue weighted by atomic mass is 10.1. The minimum Gasteiger partial charge on any atom is -0.378 e. The van der Waals surface area contributed by atoms with Crippen LogP contribution in [0.2, 0.25) is 0 Å². The van der Waals surface area contributed by atoms with Crippen molar-refractivity contribution in [1.82, 2.24) is 14.5 Å². The van der Waals surface area contributed by atoms with Gasteiger partial charge in [-0.1, -0.05) is 30.7 Å². The number of hydrogen-bond donors (Lipinski definition) is 0. The van der Waals surface area contributed by atoms with Gasteiger partial charge >= 0.3 is 0 Å². The first kappa shape index (κ1) is 18.7. The summed E-state index contributed by atoms with van der Waals surface area (Å²) >= 11 is 0. The molecule has 0 unspecified atom stereocenters. The van der Waals surface area contributed by atoms with Gasteiger partial charge in [0.25, 0.3) is 0 Å². The van der Waals surface area contributed by atoms with Crippen molar-refractivity contribution in [2.45, 2.75) is 25.8 Å². The molecule has 0 N–H and O–H groups in total. The van der Waals surface area contributed by atoms with Crippen molar-refractivity contribution in [3.63, 3.8) is 0 Å². The van der Waals surface area contributed by atoms with Crippen molar-refractivity contribution >= 4 is 28.9 Å². The summed E-state index contributed by atoms with van der Waals surface area (Å²) in [4.78, 5) is 14.2. The summed E-state index contributed by atoms with van der Waals surface area (Å²) < 4.78 is 2.26. The number of aromatic nitrogens is 2. The van der Waals surface area contributed by atoms with Crippen LogP contribution in [0.3, 0.4) is 0 Å². The van der Waals surface area contributed by atoms with E-state index in [-0.39, 0.29) is 0 Å². The molecule has 1 aliphatic heterocycles. The highest BCUT2D eigenvalue weighted by atomic mass is 15.2. The number of aliphatic imine (C=N–C) groups is 1. The molecule has 28 heavy (non-hydrogen) atoms. The molecule has 0 atom stereocenters. The van der Waals surface area contributed by atoms with Gasteiger partial charge in [-0.2, -0.15) is 0 Å². The number of fused-ring (bicyclic) bond motifs is 1. The molecule has 1 aromatic heterocycles. The van der Waals surface area contributed by atoms with E-state index in [0.29, 0.717) is 0 Å². The molecule has 0 spiro atoms. The van der Waals surface area contributed by atoms with Crippen molar-refractivity contribution in [1.29, 1.82) is 0 Å². The first-order valence-electron chi connectivity index (χ1n) is 10.2. The molecule has 3 aromatic rings. The summed E-state index contributed by atoms with van der Waals surface area (Å²) in [6.07, 6.45) is 5.92. The number of likely N-dealkylation sites (tertiary alicyclic amines) is 1. The van der Waals surface area contributed by atoms with Crippen LogP contribution in [-0.2, 0) is 6.54 Å². The van der Waals surface area contributed by atoms with Crippen LogP contribution in [0, 0.1) is 0 Å². The van der Waals surface area contributed by atoms with Gasteiger partial charge in [-0.15, -0.1) is 0 Å². The summed E-state index contributed by atoms with van der Waals surface area (Å²) in [6, 6.07) is 16.7. The Kier molecular flexibility index (Phi) is 5.72. The van der Waals surface area contributed by atoms with Crippen LogP contribution in [0.4, 0.5) is 11.6 Å². The maximum absolute atomic E-state index is 4.78. The van der Waals surface area contributed by atoms with E-state index < -0.39 is 0 Å². The first-order chi connectivity index (χ1) is 13.7. The highest BCUT2D eigenvalue weighted by Crippen LogP contribution is 2.22. The molecule has 5 heteroatoms. The molecule has 4 rings (SSSR count). The van der Waals surface area contributed by atoms with Crippen molar-refractivity contribution in [2.24, 2.45) is 4.99 Å². The second-order valence-corrected chi connectivity index (χ2v) is 7.70. The molecule has 5 nitrogen and oxygen atoms in total. The Labute approximate surface area is 167 Å². The zero-order valence-electron chi connectivity index (χ0n) is 16.9. The Morgan fingerprint density at radius 1 is 0.964 bits per heavy atom. The van der Waals surface area contributed by atoms with Crippen LogP contribution >= 0.6 is 0 Å². The van der Waals surface area contributed by atoms with Crippen molar-refractivity contribution in [2.75, 3.05) is 38.6 Å². The van der Waals surface area contributed by atoms with Crippen molar-refractivity contribution in [3.8, 4) is 0 Å². The number of rotatable bonds is 6. The summed E-state index contributed by atoms with van der Waals surface area (Å²) in [5.74, 6) is 0.787. The maximum atomic E-state index is 4.78. The van der Waals surface area contributed by atoms with Gasteiger partial charge in [0, 0.05) is 39.1 Å². The normalized spacial score (nSPS) is 15.5. The Hall–Kier alpha value is -2.66. The molecule has 1 fully saturated rings. The number of nitrogens with zero attached hydrogens (tertiary/aromatic N) is 5. The molecular formula is C23H29N5. The first-order valence-corrected chi connectivity index (χ1v) is 10.2. The maximum Gasteiger partial charge on any atom is 0.230 e. The lowest BCUT2D eigenvalue weighted by Crippen LogP contribution is -2.32. The topological polar surface area (TPSA) is 36.7 Å². The molecule has 0 bridgehead atoms. The minimum absolute atomic E-state index is 0.787. The third kappa shape index (κ3) is 4.25. The van der Waals surface area contributed by atoms with E-state index in [4.69, 9.17) is 9.98 Å². The van der Waals surface area contributed by atoms with Crippen LogP contribution < -0.4 is 4.90 Å². The van der Waals surface area contributed by atoms with Crippen molar-refractivity contribution < 1.29 is 0 Å². The van der Waals surface area contributed by atoms with Gasteiger partial charge in [0.2, 0.25) is 5.95 Å². The van der Waals surface area contributed by atoms with Gasteiger partial charge in [0.05, 0.1) is 11.0 Å². The fourth-order valence-corrected chi connectivity index (χ4v) is 3.80. The average molecular weight is 376 g/mol. The molecule has 0 radical (unpaired) electrons. The molecule has 2 aromatic carbocycles. The van der Waals surface area contributed by atoms with Crippen molar-refractivity contribution in [3.05, 3.63) is 54.1 Å². The zero-order chi connectivity index (χ0) is 19.3. The highest BCUT2D eigenvalue weighted by molar-refractivity contribution is 5.84. The second kappa shape index (κ2) is 8.57. The van der Waals surface area contributed by atoms with Gasteiger partial charge < -0.3 is 14.4 Å². The average Bonchev–Trinajstić information content (AvgIpc) is 3.09. The Bertz CT molecular complexity index is 933. The van der Waals surface area contributed by atoms with E-state index in [1.54, 1.807) is 0 Å². The Balaban J connectivity index is 1.56. The highest BCUT2D eigenvalue weighted by Gasteiger charge is 2.13. The smallest absolute Gasteiger partial charge is 0.230 e. The number of imidazole rings is 1. The van der Waals surface area contributed by atoms with E-state index >= 15 is 0 Å². The van der Waals surface area contributed by atoms with Gasteiger partial charge in [0.15, 0.2) is 0 Å². The molecule has 0 amide bonds. The zero-order valence-corrected chi connectivity index (χ0v) is 16.9. The molecular weight excluding hydrogens is 346 g/mol.